The standard InChI is InChI=1S/C15H31N3/c1-5-18(12(2)10-17(3)4)11-15-14-8-6-7-13(14)9-16-15/h12-16H,5-11H2,1-4H3. The van der Waals surface area contributed by atoms with Crippen molar-refractivity contribution < 1.29 is 0 Å². The Labute approximate surface area is 113 Å². The Morgan fingerprint density at radius 2 is 2.06 bits per heavy atom. The molecule has 4 atom stereocenters. The highest BCUT2D eigenvalue weighted by Gasteiger charge is 2.39. The van der Waals surface area contributed by atoms with Gasteiger partial charge < -0.3 is 10.2 Å². The summed E-state index contributed by atoms with van der Waals surface area (Å²) in [5, 5.41) is 3.78. The normalized spacial score (nSPS) is 33.3. The van der Waals surface area contributed by atoms with E-state index in [-0.39, 0.29) is 0 Å². The second-order valence-electron chi connectivity index (χ2n) is 6.57. The summed E-state index contributed by atoms with van der Waals surface area (Å²) in [5.74, 6) is 1.95. The van der Waals surface area contributed by atoms with Gasteiger partial charge in [-0.15, -0.1) is 0 Å². The van der Waals surface area contributed by atoms with Gasteiger partial charge in [-0.25, -0.2) is 0 Å². The second-order valence-corrected chi connectivity index (χ2v) is 6.57. The van der Waals surface area contributed by atoms with Gasteiger partial charge in [0.1, 0.15) is 0 Å². The molecule has 4 unspecified atom stereocenters. The fourth-order valence-electron chi connectivity index (χ4n) is 4.02. The van der Waals surface area contributed by atoms with E-state index in [0.29, 0.717) is 6.04 Å². The molecule has 3 heteroatoms. The monoisotopic (exact) mass is 253 g/mol. The van der Waals surface area contributed by atoms with Gasteiger partial charge in [0.25, 0.3) is 0 Å². The summed E-state index contributed by atoms with van der Waals surface area (Å²) in [6.45, 7) is 9.51. The first-order chi connectivity index (χ1) is 8.61. The first kappa shape index (κ1) is 14.3. The maximum absolute atomic E-state index is 3.78. The highest BCUT2D eigenvalue weighted by atomic mass is 15.2. The zero-order valence-electron chi connectivity index (χ0n) is 12.7. The molecular formula is C15H31N3. The number of fused-ring (bicyclic) bond motifs is 1. The topological polar surface area (TPSA) is 18.5 Å². The summed E-state index contributed by atoms with van der Waals surface area (Å²) in [6, 6.07) is 1.41. The Kier molecular flexibility index (Phi) is 5.05. The number of rotatable bonds is 6. The van der Waals surface area contributed by atoms with Crippen LogP contribution in [0.3, 0.4) is 0 Å². The third kappa shape index (κ3) is 3.25. The molecule has 1 N–H and O–H groups in total. The van der Waals surface area contributed by atoms with E-state index in [9.17, 15) is 0 Å². The van der Waals surface area contributed by atoms with Crippen LogP contribution < -0.4 is 5.32 Å². The third-order valence-electron chi connectivity index (χ3n) is 4.97. The summed E-state index contributed by atoms with van der Waals surface area (Å²) < 4.78 is 0. The SMILES string of the molecule is CCN(CC1NCC2CCCC21)C(C)CN(C)C. The summed E-state index contributed by atoms with van der Waals surface area (Å²) in [4.78, 5) is 4.95. The van der Waals surface area contributed by atoms with E-state index in [1.807, 2.05) is 0 Å². The van der Waals surface area contributed by atoms with E-state index in [4.69, 9.17) is 0 Å². The summed E-state index contributed by atoms with van der Waals surface area (Å²) in [5.41, 5.74) is 0. The predicted octanol–water partition coefficient (Wildman–Crippen LogP) is 1.65. The maximum atomic E-state index is 3.78. The smallest absolute Gasteiger partial charge is 0.0226 e. The Morgan fingerprint density at radius 1 is 1.28 bits per heavy atom. The molecule has 0 aromatic rings. The van der Waals surface area contributed by atoms with Gasteiger partial charge >= 0.3 is 0 Å². The van der Waals surface area contributed by atoms with Crippen LogP contribution in [-0.2, 0) is 0 Å². The van der Waals surface area contributed by atoms with Gasteiger partial charge in [0.05, 0.1) is 0 Å². The Balaban J connectivity index is 1.86. The molecule has 2 rings (SSSR count). The number of nitrogens with zero attached hydrogens (tertiary/aromatic N) is 2. The van der Waals surface area contributed by atoms with Gasteiger partial charge in [0.2, 0.25) is 0 Å². The number of hydrogen-bond acceptors (Lipinski definition) is 3. The summed E-state index contributed by atoms with van der Waals surface area (Å²) in [7, 11) is 4.34. The molecule has 1 heterocycles. The zero-order chi connectivity index (χ0) is 13.1. The van der Waals surface area contributed by atoms with Gasteiger partial charge in [0, 0.05) is 25.2 Å². The van der Waals surface area contributed by atoms with Crippen molar-refractivity contribution in [3.63, 3.8) is 0 Å². The lowest BCUT2D eigenvalue weighted by molar-refractivity contribution is 0.157. The van der Waals surface area contributed by atoms with Crippen LogP contribution in [0.25, 0.3) is 0 Å². The predicted molar refractivity (Wildman–Crippen MR) is 77.9 cm³/mol. The number of hydrogen-bond donors (Lipinski definition) is 1. The molecule has 1 saturated heterocycles. The molecule has 3 nitrogen and oxygen atoms in total. The quantitative estimate of drug-likeness (QED) is 0.776. The van der Waals surface area contributed by atoms with Gasteiger partial charge in [-0.1, -0.05) is 13.3 Å². The lowest BCUT2D eigenvalue weighted by atomic mass is 9.93. The first-order valence-electron chi connectivity index (χ1n) is 7.74. The van der Waals surface area contributed by atoms with Crippen molar-refractivity contribution in [1.82, 2.24) is 15.1 Å². The van der Waals surface area contributed by atoms with Crippen molar-refractivity contribution in [2.45, 2.75) is 45.2 Å². The molecule has 106 valence electrons. The van der Waals surface area contributed by atoms with Crippen LogP contribution in [0, 0.1) is 11.8 Å². The lowest BCUT2D eigenvalue weighted by Crippen LogP contribution is -2.47. The summed E-state index contributed by atoms with van der Waals surface area (Å²) >= 11 is 0. The van der Waals surface area contributed by atoms with Crippen LogP contribution in [0.15, 0.2) is 0 Å². The first-order valence-corrected chi connectivity index (χ1v) is 7.74. The molecule has 18 heavy (non-hydrogen) atoms. The van der Waals surface area contributed by atoms with Gasteiger partial charge in [0.15, 0.2) is 0 Å². The highest BCUT2D eigenvalue weighted by Crippen LogP contribution is 2.37. The van der Waals surface area contributed by atoms with Gasteiger partial charge in [-0.3, -0.25) is 4.90 Å². The minimum Gasteiger partial charge on any atom is -0.312 e. The van der Waals surface area contributed by atoms with Crippen molar-refractivity contribution in [3.8, 4) is 0 Å². The van der Waals surface area contributed by atoms with E-state index in [1.165, 1.54) is 38.9 Å². The molecule has 0 aromatic heterocycles. The average Bonchev–Trinajstić information content (AvgIpc) is 2.87. The van der Waals surface area contributed by atoms with Crippen LogP contribution in [0.1, 0.15) is 33.1 Å². The van der Waals surface area contributed by atoms with Gasteiger partial charge in [-0.05, 0) is 58.8 Å². The van der Waals surface area contributed by atoms with E-state index >= 15 is 0 Å². The minimum atomic E-state index is 0.659. The molecule has 0 amide bonds. The van der Waals surface area contributed by atoms with Crippen LogP contribution in [0.5, 0.6) is 0 Å². The lowest BCUT2D eigenvalue weighted by Gasteiger charge is -2.33. The molecule has 1 saturated carbocycles. The van der Waals surface area contributed by atoms with Crippen LogP contribution in [-0.4, -0.2) is 62.2 Å². The van der Waals surface area contributed by atoms with Crippen molar-refractivity contribution in [2.24, 2.45) is 11.8 Å². The fourth-order valence-corrected chi connectivity index (χ4v) is 4.02. The van der Waals surface area contributed by atoms with E-state index in [0.717, 1.165) is 24.4 Å². The third-order valence-corrected chi connectivity index (χ3v) is 4.97. The van der Waals surface area contributed by atoms with Crippen molar-refractivity contribution in [1.29, 1.82) is 0 Å². The minimum absolute atomic E-state index is 0.659. The molecule has 0 spiro atoms. The van der Waals surface area contributed by atoms with E-state index in [1.54, 1.807) is 0 Å². The molecule has 1 aliphatic carbocycles. The average molecular weight is 253 g/mol. The zero-order valence-corrected chi connectivity index (χ0v) is 12.7. The molecular weight excluding hydrogens is 222 g/mol. The highest BCUT2D eigenvalue weighted by molar-refractivity contribution is 4.95. The molecule has 2 aliphatic rings. The second kappa shape index (κ2) is 6.36. The fraction of sp³-hybridized carbons (Fsp3) is 1.00. The van der Waals surface area contributed by atoms with Crippen LogP contribution >= 0.6 is 0 Å². The Morgan fingerprint density at radius 3 is 2.72 bits per heavy atom. The Bertz CT molecular complexity index is 254. The Hall–Kier alpha value is -0.120. The maximum Gasteiger partial charge on any atom is 0.0226 e. The summed E-state index contributed by atoms with van der Waals surface area (Å²) in [6.07, 6.45) is 4.39. The number of nitrogens with one attached hydrogen (secondary N) is 1. The molecule has 2 fully saturated rings. The van der Waals surface area contributed by atoms with Gasteiger partial charge in [-0.2, -0.15) is 0 Å². The molecule has 1 aliphatic heterocycles. The number of likely N-dealkylation sites (N-methyl/N-ethyl adjacent to an activating group) is 2. The van der Waals surface area contributed by atoms with Crippen molar-refractivity contribution in [2.75, 3.05) is 40.3 Å². The molecule has 0 bridgehead atoms. The molecule has 0 aromatic carbocycles. The van der Waals surface area contributed by atoms with Crippen molar-refractivity contribution >= 4 is 0 Å². The van der Waals surface area contributed by atoms with Crippen molar-refractivity contribution in [3.05, 3.63) is 0 Å². The molecule has 0 radical (unpaired) electrons. The largest absolute Gasteiger partial charge is 0.312 e. The van der Waals surface area contributed by atoms with E-state index in [2.05, 4.69) is 43.1 Å². The van der Waals surface area contributed by atoms with Crippen LogP contribution in [0.2, 0.25) is 0 Å². The van der Waals surface area contributed by atoms with Crippen LogP contribution in [0.4, 0.5) is 0 Å². The van der Waals surface area contributed by atoms with E-state index < -0.39 is 0 Å².